The standard InChI is InChI=1S/C11H18N2O/c1-7(2)9-5-12-13-10(8(3)4)6-14-11(9)13/h5,7-8,10H,6H2,1-4H3. The normalized spacial score (nSPS) is 20.3. The van der Waals surface area contributed by atoms with E-state index in [4.69, 9.17) is 4.74 Å². The highest BCUT2D eigenvalue weighted by atomic mass is 16.5. The number of hydrogen-bond donors (Lipinski definition) is 0. The Bertz CT molecular complexity index is 328. The van der Waals surface area contributed by atoms with Crippen LogP contribution in [-0.2, 0) is 0 Å². The molecule has 3 nitrogen and oxygen atoms in total. The summed E-state index contributed by atoms with van der Waals surface area (Å²) >= 11 is 0. The van der Waals surface area contributed by atoms with Crippen LogP contribution in [0.3, 0.4) is 0 Å². The second-order valence-electron chi connectivity index (χ2n) is 4.63. The Morgan fingerprint density at radius 2 is 2.14 bits per heavy atom. The molecule has 0 aliphatic carbocycles. The molecule has 0 saturated heterocycles. The average molecular weight is 194 g/mol. The van der Waals surface area contributed by atoms with Gasteiger partial charge in [-0.1, -0.05) is 27.7 Å². The van der Waals surface area contributed by atoms with Crippen molar-refractivity contribution in [3.8, 4) is 5.88 Å². The molecule has 2 heterocycles. The summed E-state index contributed by atoms with van der Waals surface area (Å²) in [6, 6.07) is 0.414. The second-order valence-corrected chi connectivity index (χ2v) is 4.63. The predicted molar refractivity (Wildman–Crippen MR) is 55.7 cm³/mol. The van der Waals surface area contributed by atoms with E-state index in [0.717, 1.165) is 12.5 Å². The van der Waals surface area contributed by atoms with Crippen molar-refractivity contribution >= 4 is 0 Å². The van der Waals surface area contributed by atoms with Gasteiger partial charge in [0, 0.05) is 5.56 Å². The fraction of sp³-hybridized carbons (Fsp3) is 0.727. The van der Waals surface area contributed by atoms with E-state index in [9.17, 15) is 0 Å². The van der Waals surface area contributed by atoms with Crippen LogP contribution in [0.5, 0.6) is 5.88 Å². The van der Waals surface area contributed by atoms with Gasteiger partial charge in [0.1, 0.15) is 6.61 Å². The molecular formula is C11H18N2O. The predicted octanol–water partition coefficient (Wildman–Crippen LogP) is 2.60. The molecule has 0 N–H and O–H groups in total. The Labute approximate surface area is 85.1 Å². The zero-order valence-electron chi connectivity index (χ0n) is 9.32. The monoisotopic (exact) mass is 194 g/mol. The first-order valence-corrected chi connectivity index (χ1v) is 5.31. The molecule has 1 atom stereocenters. The minimum Gasteiger partial charge on any atom is -0.475 e. The van der Waals surface area contributed by atoms with Gasteiger partial charge in [-0.25, -0.2) is 4.68 Å². The zero-order valence-corrected chi connectivity index (χ0v) is 9.32. The topological polar surface area (TPSA) is 27.1 Å². The first-order valence-electron chi connectivity index (χ1n) is 5.31. The number of fused-ring (bicyclic) bond motifs is 1. The molecule has 0 bridgehead atoms. The molecule has 0 radical (unpaired) electrons. The van der Waals surface area contributed by atoms with Gasteiger partial charge < -0.3 is 4.74 Å². The van der Waals surface area contributed by atoms with Crippen LogP contribution < -0.4 is 4.74 Å². The lowest BCUT2D eigenvalue weighted by molar-refractivity contribution is 0.283. The van der Waals surface area contributed by atoms with E-state index in [-0.39, 0.29) is 0 Å². The highest BCUT2D eigenvalue weighted by Gasteiger charge is 2.30. The maximum atomic E-state index is 5.71. The van der Waals surface area contributed by atoms with E-state index in [0.29, 0.717) is 17.9 Å². The van der Waals surface area contributed by atoms with E-state index >= 15 is 0 Å². The molecule has 1 unspecified atom stereocenters. The molecule has 0 amide bonds. The SMILES string of the molecule is CC(C)c1cnn2c1OCC2C(C)C. The Morgan fingerprint density at radius 1 is 1.43 bits per heavy atom. The molecule has 1 aliphatic heterocycles. The van der Waals surface area contributed by atoms with E-state index in [1.54, 1.807) is 0 Å². The van der Waals surface area contributed by atoms with Crippen molar-refractivity contribution in [1.82, 2.24) is 9.78 Å². The maximum absolute atomic E-state index is 5.71. The number of hydrogen-bond acceptors (Lipinski definition) is 2. The van der Waals surface area contributed by atoms with Crippen LogP contribution in [0.2, 0.25) is 0 Å². The van der Waals surface area contributed by atoms with E-state index < -0.39 is 0 Å². The number of ether oxygens (including phenoxy) is 1. The van der Waals surface area contributed by atoms with Gasteiger partial charge in [-0.05, 0) is 11.8 Å². The van der Waals surface area contributed by atoms with Crippen molar-refractivity contribution in [3.63, 3.8) is 0 Å². The first kappa shape index (κ1) is 9.56. The number of aromatic nitrogens is 2. The number of rotatable bonds is 2. The molecule has 2 rings (SSSR count). The van der Waals surface area contributed by atoms with Gasteiger partial charge in [0.05, 0.1) is 12.2 Å². The molecular weight excluding hydrogens is 176 g/mol. The van der Waals surface area contributed by atoms with Crippen molar-refractivity contribution in [2.24, 2.45) is 5.92 Å². The van der Waals surface area contributed by atoms with E-state index in [1.165, 1.54) is 5.56 Å². The fourth-order valence-corrected chi connectivity index (χ4v) is 1.86. The smallest absolute Gasteiger partial charge is 0.215 e. The summed E-state index contributed by atoms with van der Waals surface area (Å²) in [4.78, 5) is 0. The van der Waals surface area contributed by atoms with Gasteiger partial charge >= 0.3 is 0 Å². The molecule has 1 aliphatic rings. The molecule has 1 aromatic heterocycles. The molecule has 3 heteroatoms. The van der Waals surface area contributed by atoms with Crippen LogP contribution in [0.1, 0.15) is 45.2 Å². The quantitative estimate of drug-likeness (QED) is 0.723. The van der Waals surface area contributed by atoms with Crippen molar-refractivity contribution in [2.75, 3.05) is 6.61 Å². The third kappa shape index (κ3) is 1.31. The molecule has 0 saturated carbocycles. The maximum Gasteiger partial charge on any atom is 0.215 e. The molecule has 78 valence electrons. The van der Waals surface area contributed by atoms with Crippen molar-refractivity contribution < 1.29 is 4.74 Å². The minimum atomic E-state index is 0.414. The largest absolute Gasteiger partial charge is 0.475 e. The van der Waals surface area contributed by atoms with Crippen LogP contribution in [0.15, 0.2) is 6.20 Å². The van der Waals surface area contributed by atoms with Crippen LogP contribution in [0, 0.1) is 5.92 Å². The van der Waals surface area contributed by atoms with Crippen LogP contribution in [-0.4, -0.2) is 16.4 Å². The highest BCUT2D eigenvalue weighted by molar-refractivity contribution is 5.29. The fourth-order valence-electron chi connectivity index (χ4n) is 1.86. The minimum absolute atomic E-state index is 0.414. The molecule has 14 heavy (non-hydrogen) atoms. The molecule has 0 fully saturated rings. The first-order chi connectivity index (χ1) is 6.61. The van der Waals surface area contributed by atoms with Crippen molar-refractivity contribution in [1.29, 1.82) is 0 Å². The third-order valence-electron chi connectivity index (χ3n) is 2.87. The lowest BCUT2D eigenvalue weighted by Crippen LogP contribution is -2.14. The third-order valence-corrected chi connectivity index (χ3v) is 2.87. The summed E-state index contributed by atoms with van der Waals surface area (Å²) in [7, 11) is 0. The van der Waals surface area contributed by atoms with Crippen LogP contribution in [0.4, 0.5) is 0 Å². The van der Waals surface area contributed by atoms with Gasteiger partial charge in [-0.3, -0.25) is 0 Å². The van der Waals surface area contributed by atoms with Crippen LogP contribution in [0.25, 0.3) is 0 Å². The summed E-state index contributed by atoms with van der Waals surface area (Å²) in [5, 5.41) is 4.41. The summed E-state index contributed by atoms with van der Waals surface area (Å²) < 4.78 is 7.75. The average Bonchev–Trinajstić information content (AvgIpc) is 2.59. The van der Waals surface area contributed by atoms with Gasteiger partial charge in [0.25, 0.3) is 0 Å². The highest BCUT2D eigenvalue weighted by Crippen LogP contribution is 2.36. The molecule has 1 aromatic rings. The van der Waals surface area contributed by atoms with Crippen LogP contribution >= 0.6 is 0 Å². The summed E-state index contributed by atoms with van der Waals surface area (Å²) in [6.45, 7) is 9.54. The molecule has 0 spiro atoms. The van der Waals surface area contributed by atoms with Crippen molar-refractivity contribution in [3.05, 3.63) is 11.8 Å². The van der Waals surface area contributed by atoms with Gasteiger partial charge in [-0.15, -0.1) is 0 Å². The van der Waals surface area contributed by atoms with E-state index in [2.05, 4.69) is 32.8 Å². The molecule has 0 aromatic carbocycles. The second kappa shape index (κ2) is 3.30. The van der Waals surface area contributed by atoms with Crippen molar-refractivity contribution in [2.45, 2.75) is 39.7 Å². The zero-order chi connectivity index (χ0) is 10.3. The summed E-state index contributed by atoms with van der Waals surface area (Å²) in [5.74, 6) is 2.06. The summed E-state index contributed by atoms with van der Waals surface area (Å²) in [6.07, 6.45) is 1.94. The van der Waals surface area contributed by atoms with Gasteiger partial charge in [0.15, 0.2) is 0 Å². The Balaban J connectivity index is 2.34. The number of nitrogens with zero attached hydrogens (tertiary/aromatic N) is 2. The Kier molecular flexibility index (Phi) is 2.25. The lowest BCUT2D eigenvalue weighted by Gasteiger charge is -2.12. The van der Waals surface area contributed by atoms with Gasteiger partial charge in [-0.2, -0.15) is 5.10 Å². The van der Waals surface area contributed by atoms with Gasteiger partial charge in [0.2, 0.25) is 5.88 Å². The Morgan fingerprint density at radius 3 is 2.71 bits per heavy atom. The summed E-state index contributed by atoms with van der Waals surface area (Å²) in [5.41, 5.74) is 1.23. The Hall–Kier alpha value is -0.990. The lowest BCUT2D eigenvalue weighted by atomic mass is 10.1. The van der Waals surface area contributed by atoms with E-state index in [1.807, 2.05) is 10.9 Å².